The van der Waals surface area contributed by atoms with Crippen LogP contribution in [-0.4, -0.2) is 0 Å². The van der Waals surface area contributed by atoms with Crippen molar-refractivity contribution in [1.82, 2.24) is 0 Å². The first-order valence-corrected chi connectivity index (χ1v) is 4.81. The molecule has 1 unspecified atom stereocenters. The van der Waals surface area contributed by atoms with Gasteiger partial charge < -0.3 is 0 Å². The second kappa shape index (κ2) is 3.13. The first-order valence-electron chi connectivity index (χ1n) is 4.81. The highest BCUT2D eigenvalue weighted by molar-refractivity contribution is 5.33. The van der Waals surface area contributed by atoms with E-state index in [1.54, 1.807) is 0 Å². The Hall–Kier alpha value is -0.850. The summed E-state index contributed by atoms with van der Waals surface area (Å²) < 4.78 is 13.8. The molecule has 1 fully saturated rings. The highest BCUT2D eigenvalue weighted by Crippen LogP contribution is 2.42. The van der Waals surface area contributed by atoms with Gasteiger partial charge in [-0.05, 0) is 42.7 Å². The van der Waals surface area contributed by atoms with Crippen LogP contribution >= 0.6 is 0 Å². The molecular formula is C12H14F. The smallest absolute Gasteiger partial charge is 0.130 e. The van der Waals surface area contributed by atoms with Crippen LogP contribution in [0, 0.1) is 12.7 Å². The molecule has 1 heteroatoms. The molecule has 1 aromatic rings. The van der Waals surface area contributed by atoms with Crippen molar-refractivity contribution in [2.45, 2.75) is 31.6 Å². The molecule has 0 spiro atoms. The quantitative estimate of drug-likeness (QED) is 0.647. The van der Waals surface area contributed by atoms with Crippen molar-refractivity contribution in [3.05, 3.63) is 42.1 Å². The largest absolute Gasteiger partial charge is 0.206 e. The SMILES string of the molecule is [CH2]C(C)c1cccc(C2CC2)c1F. The van der Waals surface area contributed by atoms with Crippen molar-refractivity contribution in [2.24, 2.45) is 0 Å². The van der Waals surface area contributed by atoms with E-state index in [0.29, 0.717) is 5.92 Å². The molecule has 0 saturated heterocycles. The fourth-order valence-electron chi connectivity index (χ4n) is 1.66. The van der Waals surface area contributed by atoms with Gasteiger partial charge >= 0.3 is 0 Å². The minimum atomic E-state index is -0.0208. The molecule has 13 heavy (non-hydrogen) atoms. The van der Waals surface area contributed by atoms with Gasteiger partial charge in [-0.2, -0.15) is 0 Å². The van der Waals surface area contributed by atoms with Crippen LogP contribution in [0.25, 0.3) is 0 Å². The van der Waals surface area contributed by atoms with Crippen LogP contribution in [0.1, 0.15) is 42.7 Å². The lowest BCUT2D eigenvalue weighted by Crippen LogP contribution is -1.97. The van der Waals surface area contributed by atoms with Gasteiger partial charge in [0.25, 0.3) is 0 Å². The second-order valence-corrected chi connectivity index (χ2v) is 3.93. The number of benzene rings is 1. The van der Waals surface area contributed by atoms with Gasteiger partial charge in [-0.15, -0.1) is 0 Å². The molecule has 0 aliphatic heterocycles. The summed E-state index contributed by atoms with van der Waals surface area (Å²) in [5.41, 5.74) is 1.65. The maximum absolute atomic E-state index is 13.8. The molecule has 1 aromatic carbocycles. The molecule has 0 nitrogen and oxygen atoms in total. The fraction of sp³-hybridized carbons (Fsp3) is 0.417. The highest BCUT2D eigenvalue weighted by Gasteiger charge is 2.27. The van der Waals surface area contributed by atoms with Gasteiger partial charge in [0.2, 0.25) is 0 Å². The zero-order valence-electron chi connectivity index (χ0n) is 7.89. The van der Waals surface area contributed by atoms with Crippen LogP contribution in [0.5, 0.6) is 0 Å². The predicted octanol–water partition coefficient (Wildman–Crippen LogP) is 3.64. The summed E-state index contributed by atoms with van der Waals surface area (Å²) in [6.07, 6.45) is 2.29. The van der Waals surface area contributed by atoms with Crippen molar-refractivity contribution in [1.29, 1.82) is 0 Å². The minimum absolute atomic E-state index is 0.0208. The van der Waals surface area contributed by atoms with Gasteiger partial charge in [0.15, 0.2) is 0 Å². The monoisotopic (exact) mass is 177 g/mol. The summed E-state index contributed by atoms with van der Waals surface area (Å²) in [6.45, 7) is 5.78. The first kappa shape index (κ1) is 8.74. The van der Waals surface area contributed by atoms with Crippen molar-refractivity contribution < 1.29 is 4.39 Å². The minimum Gasteiger partial charge on any atom is -0.206 e. The number of rotatable bonds is 2. The van der Waals surface area contributed by atoms with Gasteiger partial charge in [0, 0.05) is 0 Å². The summed E-state index contributed by atoms with van der Waals surface area (Å²) >= 11 is 0. The summed E-state index contributed by atoms with van der Waals surface area (Å²) in [5, 5.41) is 0. The molecule has 0 aromatic heterocycles. The van der Waals surface area contributed by atoms with E-state index < -0.39 is 0 Å². The van der Waals surface area contributed by atoms with Gasteiger partial charge in [-0.1, -0.05) is 25.1 Å². The van der Waals surface area contributed by atoms with Crippen LogP contribution in [0.15, 0.2) is 18.2 Å². The van der Waals surface area contributed by atoms with Crippen LogP contribution in [0.3, 0.4) is 0 Å². The Balaban J connectivity index is 2.41. The third kappa shape index (κ3) is 1.60. The number of halogens is 1. The van der Waals surface area contributed by atoms with E-state index in [1.165, 1.54) is 0 Å². The lowest BCUT2D eigenvalue weighted by atomic mass is 9.98. The fourth-order valence-corrected chi connectivity index (χ4v) is 1.66. The van der Waals surface area contributed by atoms with E-state index in [2.05, 4.69) is 6.92 Å². The zero-order chi connectivity index (χ0) is 9.42. The Bertz CT molecular complexity index is 291. The van der Waals surface area contributed by atoms with Crippen molar-refractivity contribution in [3.63, 3.8) is 0 Å². The Morgan fingerprint density at radius 1 is 1.46 bits per heavy atom. The molecule has 1 saturated carbocycles. The molecule has 2 rings (SSSR count). The molecular weight excluding hydrogens is 163 g/mol. The maximum atomic E-state index is 13.8. The van der Waals surface area contributed by atoms with E-state index in [4.69, 9.17) is 0 Å². The zero-order valence-corrected chi connectivity index (χ0v) is 7.89. The molecule has 1 radical (unpaired) electrons. The Morgan fingerprint density at radius 3 is 2.69 bits per heavy atom. The van der Waals surface area contributed by atoms with Gasteiger partial charge in [-0.3, -0.25) is 0 Å². The lowest BCUT2D eigenvalue weighted by Gasteiger charge is -2.09. The van der Waals surface area contributed by atoms with E-state index >= 15 is 0 Å². The van der Waals surface area contributed by atoms with Crippen LogP contribution in [0.4, 0.5) is 4.39 Å². The average molecular weight is 177 g/mol. The van der Waals surface area contributed by atoms with E-state index in [-0.39, 0.29) is 11.7 Å². The van der Waals surface area contributed by atoms with E-state index in [1.807, 2.05) is 25.1 Å². The molecule has 1 aliphatic rings. The first-order chi connectivity index (χ1) is 6.20. The topological polar surface area (TPSA) is 0 Å². The number of hydrogen-bond donors (Lipinski definition) is 0. The molecule has 69 valence electrons. The lowest BCUT2D eigenvalue weighted by molar-refractivity contribution is 0.589. The van der Waals surface area contributed by atoms with Crippen molar-refractivity contribution in [3.8, 4) is 0 Å². The average Bonchev–Trinajstić information content (AvgIpc) is 2.87. The normalized spacial score (nSPS) is 16.6. The predicted molar refractivity (Wildman–Crippen MR) is 52.1 cm³/mol. The Morgan fingerprint density at radius 2 is 2.15 bits per heavy atom. The Labute approximate surface area is 78.8 Å². The molecule has 0 bridgehead atoms. The summed E-state index contributed by atoms with van der Waals surface area (Å²) in [4.78, 5) is 0. The summed E-state index contributed by atoms with van der Waals surface area (Å²) in [7, 11) is 0. The summed E-state index contributed by atoms with van der Waals surface area (Å²) in [5.74, 6) is 0.505. The van der Waals surface area contributed by atoms with Crippen LogP contribution < -0.4 is 0 Å². The van der Waals surface area contributed by atoms with Crippen molar-refractivity contribution in [2.75, 3.05) is 0 Å². The van der Waals surface area contributed by atoms with Gasteiger partial charge in [0.05, 0.1) is 0 Å². The molecule has 0 heterocycles. The maximum Gasteiger partial charge on any atom is 0.130 e. The second-order valence-electron chi connectivity index (χ2n) is 3.93. The third-order valence-electron chi connectivity index (χ3n) is 2.61. The van der Waals surface area contributed by atoms with Crippen LogP contribution in [0.2, 0.25) is 0 Å². The van der Waals surface area contributed by atoms with Gasteiger partial charge in [-0.25, -0.2) is 4.39 Å². The molecule has 0 N–H and O–H groups in total. The summed E-state index contributed by atoms with van der Waals surface area (Å²) in [6, 6.07) is 5.67. The Kier molecular flexibility index (Phi) is 2.10. The molecule has 1 aliphatic carbocycles. The molecule has 1 atom stereocenters. The van der Waals surface area contributed by atoms with Crippen molar-refractivity contribution >= 4 is 0 Å². The van der Waals surface area contributed by atoms with Gasteiger partial charge in [0.1, 0.15) is 5.82 Å². The van der Waals surface area contributed by atoms with E-state index in [9.17, 15) is 4.39 Å². The van der Waals surface area contributed by atoms with E-state index in [0.717, 1.165) is 24.0 Å². The highest BCUT2D eigenvalue weighted by atomic mass is 19.1. The number of hydrogen-bond acceptors (Lipinski definition) is 0. The standard InChI is InChI=1S/C12H14F/c1-8(2)10-4-3-5-11(12(10)13)9-6-7-9/h3-5,8-9H,1,6-7H2,2H3. The van der Waals surface area contributed by atoms with Crippen LogP contribution in [-0.2, 0) is 0 Å². The molecule has 0 amide bonds. The third-order valence-corrected chi connectivity index (χ3v) is 2.61.